The molecule has 2 rings (SSSR count). The van der Waals surface area contributed by atoms with Gasteiger partial charge in [-0.25, -0.2) is 4.39 Å². The van der Waals surface area contributed by atoms with Gasteiger partial charge >= 0.3 is 0 Å². The van der Waals surface area contributed by atoms with Gasteiger partial charge in [-0.2, -0.15) is 14.1 Å². The number of aromatic hydroxyl groups is 1. The minimum atomic E-state index is -0.393. The molecule has 2 aromatic carbocycles. The number of hydrogen-bond donors (Lipinski definition) is 1. The van der Waals surface area contributed by atoms with E-state index in [9.17, 15) is 9.50 Å². The van der Waals surface area contributed by atoms with Gasteiger partial charge in [-0.3, -0.25) is 0 Å². The van der Waals surface area contributed by atoms with Gasteiger partial charge in [0, 0.05) is 38.1 Å². The summed E-state index contributed by atoms with van der Waals surface area (Å²) < 4.78 is 13.5. The summed E-state index contributed by atoms with van der Waals surface area (Å²) in [4.78, 5) is 0. The maximum Gasteiger partial charge on any atom is 0.139 e. The molecule has 0 unspecified atom stereocenters. The molecule has 1 radical (unpaired) electrons. The Morgan fingerprint density at radius 1 is 1.23 bits per heavy atom. The van der Waals surface area contributed by atoms with E-state index in [0.717, 1.165) is 16.3 Å². The molecule has 0 bridgehead atoms. The van der Waals surface area contributed by atoms with Crippen molar-refractivity contribution in [3.05, 3.63) is 46.5 Å². The molecule has 22 heavy (non-hydrogen) atoms. The molecule has 0 aliphatic rings. The molecule has 0 fully saturated rings. The molecule has 0 saturated carbocycles. The van der Waals surface area contributed by atoms with E-state index in [2.05, 4.69) is 11.2 Å². The largest absolute Gasteiger partial charge is 0.668 e. The second-order valence-corrected chi connectivity index (χ2v) is 4.07. The predicted octanol–water partition coefficient (Wildman–Crippen LogP) is 4.87. The molecule has 0 aromatic heterocycles. The van der Waals surface area contributed by atoms with E-state index in [1.807, 2.05) is 20.8 Å². The van der Waals surface area contributed by atoms with Crippen LogP contribution in [0.25, 0.3) is 16.1 Å². The van der Waals surface area contributed by atoms with Gasteiger partial charge in [0.15, 0.2) is 0 Å². The first-order valence-corrected chi connectivity index (χ1v) is 6.97. The SMILES string of the molecule is C#Cc1c(F)ccc2cc(O)cc(CC)c12.CC.C[N-]C.[Y]. The average Bonchev–Trinajstić information content (AvgIpc) is 2.49. The van der Waals surface area contributed by atoms with Crippen molar-refractivity contribution in [1.82, 2.24) is 0 Å². The van der Waals surface area contributed by atoms with Crippen molar-refractivity contribution >= 4 is 10.8 Å². The molecule has 1 N–H and O–H groups in total. The van der Waals surface area contributed by atoms with Crippen molar-refractivity contribution in [2.45, 2.75) is 27.2 Å². The minimum absolute atomic E-state index is 0. The molecule has 0 atom stereocenters. The zero-order chi connectivity index (χ0) is 16.4. The van der Waals surface area contributed by atoms with E-state index in [1.165, 1.54) is 6.07 Å². The maximum atomic E-state index is 13.5. The summed E-state index contributed by atoms with van der Waals surface area (Å²) in [5, 5.41) is 14.5. The van der Waals surface area contributed by atoms with Crippen LogP contribution in [0.4, 0.5) is 4.39 Å². The van der Waals surface area contributed by atoms with Crippen LogP contribution in [-0.4, -0.2) is 19.2 Å². The van der Waals surface area contributed by atoms with Crippen molar-refractivity contribution in [3.8, 4) is 18.1 Å². The quantitative estimate of drug-likeness (QED) is 0.707. The van der Waals surface area contributed by atoms with E-state index >= 15 is 0 Å². The third kappa shape index (κ3) is 6.04. The van der Waals surface area contributed by atoms with Crippen LogP contribution in [-0.2, 0) is 39.1 Å². The molecule has 0 aliphatic heterocycles. The first kappa shape index (κ1) is 23.3. The molecule has 0 amide bonds. The Balaban J connectivity index is 0. The van der Waals surface area contributed by atoms with E-state index in [1.54, 1.807) is 32.3 Å². The fourth-order valence-corrected chi connectivity index (χ4v) is 1.93. The summed E-state index contributed by atoms with van der Waals surface area (Å²) >= 11 is 0. The topological polar surface area (TPSA) is 34.3 Å². The Hall–Kier alpha value is -0.946. The van der Waals surface area contributed by atoms with Gasteiger partial charge in [0.2, 0.25) is 0 Å². The van der Waals surface area contributed by atoms with Crippen LogP contribution in [0.3, 0.4) is 0 Å². The van der Waals surface area contributed by atoms with Gasteiger partial charge in [-0.1, -0.05) is 32.8 Å². The summed E-state index contributed by atoms with van der Waals surface area (Å²) in [6.07, 6.45) is 6.02. The van der Waals surface area contributed by atoms with Crippen LogP contribution in [0.15, 0.2) is 24.3 Å². The van der Waals surface area contributed by atoms with Crippen molar-refractivity contribution in [3.63, 3.8) is 0 Å². The molecule has 4 heteroatoms. The number of phenolic OH excluding ortho intramolecular Hbond substituents is 1. The number of phenols is 1. The van der Waals surface area contributed by atoms with Crippen molar-refractivity contribution in [2.24, 2.45) is 0 Å². The van der Waals surface area contributed by atoms with E-state index < -0.39 is 5.82 Å². The molecule has 0 spiro atoms. The number of halogens is 1. The van der Waals surface area contributed by atoms with Crippen LogP contribution in [0.2, 0.25) is 0 Å². The third-order valence-corrected chi connectivity index (χ3v) is 2.66. The number of nitrogens with zero attached hydrogens (tertiary/aromatic N) is 1. The summed E-state index contributed by atoms with van der Waals surface area (Å²) in [7, 11) is 3.50. The standard InChI is InChI=1S/C14H11FO.C2H6N.C2H6.Y/c1-3-9-7-11(16)8-10-5-6-13(15)12(4-2)14(9)10;1-3-2;1-2;/h2,5-8,16H,3H2,1H3;1-2H3;1-2H3;/q;-1;;. The van der Waals surface area contributed by atoms with Crippen LogP contribution in [0, 0.1) is 18.2 Å². The van der Waals surface area contributed by atoms with Crippen LogP contribution >= 0.6 is 0 Å². The van der Waals surface area contributed by atoms with Gasteiger partial charge in [-0.15, -0.1) is 6.42 Å². The van der Waals surface area contributed by atoms with E-state index in [0.29, 0.717) is 6.42 Å². The Bertz CT molecular complexity index is 620. The summed E-state index contributed by atoms with van der Waals surface area (Å²) in [6.45, 7) is 5.94. The third-order valence-electron chi connectivity index (χ3n) is 2.66. The second kappa shape index (κ2) is 12.6. The normalized spacial score (nSPS) is 8.59. The van der Waals surface area contributed by atoms with Crippen LogP contribution in [0.1, 0.15) is 31.9 Å². The number of benzene rings is 2. The first-order valence-electron chi connectivity index (χ1n) is 6.97. The van der Waals surface area contributed by atoms with Gasteiger partial charge in [0.1, 0.15) is 11.6 Å². The average molecular weight is 377 g/mol. The fraction of sp³-hybridized carbons (Fsp3) is 0.333. The minimum Gasteiger partial charge on any atom is -0.668 e. The van der Waals surface area contributed by atoms with E-state index in [-0.39, 0.29) is 44.0 Å². The first-order chi connectivity index (χ1) is 10.1. The number of fused-ring (bicyclic) bond motifs is 1. The zero-order valence-corrected chi connectivity index (χ0v) is 16.8. The van der Waals surface area contributed by atoms with Gasteiger partial charge in [0.05, 0.1) is 5.56 Å². The Kier molecular flexibility index (Phi) is 13.3. The molecule has 0 aliphatic carbocycles. The molecule has 2 nitrogen and oxygen atoms in total. The number of aryl methyl sites for hydroxylation is 1. The Morgan fingerprint density at radius 2 is 1.77 bits per heavy atom. The van der Waals surface area contributed by atoms with Crippen molar-refractivity contribution in [2.75, 3.05) is 14.1 Å². The molecule has 117 valence electrons. The molecule has 2 aromatic rings. The predicted molar refractivity (Wildman–Crippen MR) is 89.4 cm³/mol. The maximum absolute atomic E-state index is 13.5. The number of rotatable bonds is 1. The molecular formula is C18H23FNOY-. The van der Waals surface area contributed by atoms with Crippen LogP contribution < -0.4 is 0 Å². The number of terminal acetylenes is 1. The van der Waals surface area contributed by atoms with Gasteiger partial charge < -0.3 is 10.4 Å². The Labute approximate surface area is 158 Å². The molecule has 0 heterocycles. The monoisotopic (exact) mass is 377 g/mol. The zero-order valence-electron chi connectivity index (χ0n) is 13.9. The van der Waals surface area contributed by atoms with Crippen molar-refractivity contribution < 1.29 is 42.2 Å². The van der Waals surface area contributed by atoms with Crippen LogP contribution in [0.5, 0.6) is 5.75 Å². The van der Waals surface area contributed by atoms with Crippen molar-refractivity contribution in [1.29, 1.82) is 0 Å². The molecule has 0 saturated heterocycles. The number of hydrogen-bond acceptors (Lipinski definition) is 1. The smallest absolute Gasteiger partial charge is 0.139 e. The van der Waals surface area contributed by atoms with Gasteiger partial charge in [-0.05, 0) is 35.6 Å². The summed E-state index contributed by atoms with van der Waals surface area (Å²) in [5.41, 5.74) is 1.14. The van der Waals surface area contributed by atoms with E-state index in [4.69, 9.17) is 6.42 Å². The Morgan fingerprint density at radius 3 is 2.23 bits per heavy atom. The fourth-order valence-electron chi connectivity index (χ4n) is 1.93. The summed E-state index contributed by atoms with van der Waals surface area (Å²) in [5.74, 6) is 2.16. The second-order valence-electron chi connectivity index (χ2n) is 4.07. The molecular weight excluding hydrogens is 354 g/mol. The summed E-state index contributed by atoms with van der Waals surface area (Å²) in [6, 6.07) is 6.18. The van der Waals surface area contributed by atoms with Gasteiger partial charge in [0.25, 0.3) is 0 Å².